The van der Waals surface area contributed by atoms with Crippen LogP contribution in [0.5, 0.6) is 11.5 Å². The van der Waals surface area contributed by atoms with Crippen LogP contribution in [-0.2, 0) is 4.79 Å². The summed E-state index contributed by atoms with van der Waals surface area (Å²) in [6.45, 7) is 4.33. The quantitative estimate of drug-likeness (QED) is 0.513. The van der Waals surface area contributed by atoms with Gasteiger partial charge in [-0.2, -0.15) is 0 Å². The summed E-state index contributed by atoms with van der Waals surface area (Å²) in [7, 11) is 1.57. The van der Waals surface area contributed by atoms with Crippen LogP contribution in [-0.4, -0.2) is 55.6 Å². The number of nitro groups is 1. The predicted octanol–water partition coefficient (Wildman–Crippen LogP) is 3.36. The number of benzene rings is 2. The molecular weight excluding hydrogens is 386 g/mol. The van der Waals surface area contributed by atoms with Crippen molar-refractivity contribution in [1.29, 1.82) is 0 Å². The van der Waals surface area contributed by atoms with E-state index in [1.54, 1.807) is 30.2 Å². The van der Waals surface area contributed by atoms with Gasteiger partial charge < -0.3 is 19.3 Å². The fraction of sp³-hybridized carbons (Fsp3) is 0.318. The fourth-order valence-corrected chi connectivity index (χ4v) is 3.33. The highest BCUT2D eigenvalue weighted by Gasteiger charge is 2.22. The third kappa shape index (κ3) is 5.08. The molecule has 2 aromatic rings. The Hall–Kier alpha value is -3.55. The molecule has 0 aromatic heterocycles. The number of anilines is 1. The van der Waals surface area contributed by atoms with Crippen molar-refractivity contribution in [2.45, 2.75) is 6.92 Å². The van der Waals surface area contributed by atoms with Crippen molar-refractivity contribution < 1.29 is 19.2 Å². The summed E-state index contributed by atoms with van der Waals surface area (Å²) < 4.78 is 11.1. The number of nitrogens with zero attached hydrogens (tertiary/aromatic N) is 3. The maximum atomic E-state index is 12.6. The number of carbonyl (C=O) groups excluding carboxylic acids is 1. The average molecular weight is 411 g/mol. The second kappa shape index (κ2) is 9.78. The van der Waals surface area contributed by atoms with E-state index in [0.717, 1.165) is 11.3 Å². The van der Waals surface area contributed by atoms with Crippen LogP contribution >= 0.6 is 0 Å². The van der Waals surface area contributed by atoms with E-state index >= 15 is 0 Å². The zero-order valence-corrected chi connectivity index (χ0v) is 17.1. The second-order valence-electron chi connectivity index (χ2n) is 6.84. The number of hydrogen-bond acceptors (Lipinski definition) is 6. The van der Waals surface area contributed by atoms with Crippen molar-refractivity contribution in [3.63, 3.8) is 0 Å². The van der Waals surface area contributed by atoms with Gasteiger partial charge in [0.05, 0.1) is 12.0 Å². The van der Waals surface area contributed by atoms with Gasteiger partial charge in [0.1, 0.15) is 0 Å². The van der Waals surface area contributed by atoms with Gasteiger partial charge >= 0.3 is 0 Å². The van der Waals surface area contributed by atoms with Crippen LogP contribution in [0.1, 0.15) is 12.5 Å². The first-order valence-corrected chi connectivity index (χ1v) is 9.72. The van der Waals surface area contributed by atoms with Crippen molar-refractivity contribution in [2.75, 3.05) is 44.8 Å². The number of methoxy groups -OCH3 is 1. The van der Waals surface area contributed by atoms with Gasteiger partial charge in [-0.15, -0.1) is 0 Å². The lowest BCUT2D eigenvalue weighted by Gasteiger charge is -2.36. The Morgan fingerprint density at radius 3 is 2.40 bits per heavy atom. The molecule has 1 aliphatic rings. The smallest absolute Gasteiger partial charge is 0.269 e. The van der Waals surface area contributed by atoms with Crippen molar-refractivity contribution in [1.82, 2.24) is 4.90 Å². The Kier molecular flexibility index (Phi) is 6.90. The highest BCUT2D eigenvalue weighted by atomic mass is 16.6. The SMILES string of the molecule is C/C=C/c1ccc(OCC(=O)N2CCN(c3ccc([N+](=O)[O-])cc3)CC2)c(OC)c1. The minimum absolute atomic E-state index is 0.0587. The summed E-state index contributed by atoms with van der Waals surface area (Å²) in [5.74, 6) is 1.03. The van der Waals surface area contributed by atoms with E-state index in [1.165, 1.54) is 12.1 Å². The molecule has 1 saturated heterocycles. The van der Waals surface area contributed by atoms with E-state index in [4.69, 9.17) is 9.47 Å². The number of amides is 1. The molecule has 8 heteroatoms. The topological polar surface area (TPSA) is 85.2 Å². The minimum Gasteiger partial charge on any atom is -0.493 e. The first-order chi connectivity index (χ1) is 14.5. The third-order valence-corrected chi connectivity index (χ3v) is 4.96. The summed E-state index contributed by atoms with van der Waals surface area (Å²) in [4.78, 5) is 26.8. The Balaban J connectivity index is 1.52. The number of rotatable bonds is 7. The molecule has 3 rings (SSSR count). The summed E-state index contributed by atoms with van der Waals surface area (Å²) in [6.07, 6.45) is 3.90. The van der Waals surface area contributed by atoms with E-state index in [9.17, 15) is 14.9 Å². The summed E-state index contributed by atoms with van der Waals surface area (Å²) in [5.41, 5.74) is 1.98. The highest BCUT2D eigenvalue weighted by Crippen LogP contribution is 2.28. The van der Waals surface area contributed by atoms with E-state index in [2.05, 4.69) is 4.90 Å². The van der Waals surface area contributed by atoms with Gasteiger partial charge in [0.25, 0.3) is 11.6 Å². The average Bonchev–Trinajstić information content (AvgIpc) is 2.78. The maximum absolute atomic E-state index is 12.6. The van der Waals surface area contributed by atoms with E-state index in [0.29, 0.717) is 37.7 Å². The lowest BCUT2D eigenvalue weighted by atomic mass is 10.2. The van der Waals surface area contributed by atoms with Crippen LogP contribution in [0.4, 0.5) is 11.4 Å². The summed E-state index contributed by atoms with van der Waals surface area (Å²) in [6, 6.07) is 12.0. The van der Waals surface area contributed by atoms with Gasteiger partial charge in [-0.05, 0) is 36.8 Å². The molecule has 1 heterocycles. The van der Waals surface area contributed by atoms with Crippen LogP contribution in [0.3, 0.4) is 0 Å². The number of piperazine rings is 1. The first kappa shape index (κ1) is 21.2. The molecule has 0 bridgehead atoms. The Morgan fingerprint density at radius 2 is 1.80 bits per heavy atom. The molecule has 0 N–H and O–H groups in total. The van der Waals surface area contributed by atoms with Crippen molar-refractivity contribution in [2.24, 2.45) is 0 Å². The van der Waals surface area contributed by atoms with Crippen LogP contribution in [0.15, 0.2) is 48.5 Å². The molecule has 8 nitrogen and oxygen atoms in total. The van der Waals surface area contributed by atoms with Gasteiger partial charge in [0, 0.05) is 44.0 Å². The van der Waals surface area contributed by atoms with Crippen molar-refractivity contribution in [3.05, 3.63) is 64.2 Å². The molecule has 0 saturated carbocycles. The van der Waals surface area contributed by atoms with Crippen LogP contribution < -0.4 is 14.4 Å². The Morgan fingerprint density at radius 1 is 1.10 bits per heavy atom. The molecular formula is C22H25N3O5. The largest absolute Gasteiger partial charge is 0.493 e. The van der Waals surface area contributed by atoms with Gasteiger partial charge in [-0.3, -0.25) is 14.9 Å². The van der Waals surface area contributed by atoms with Gasteiger partial charge in [-0.1, -0.05) is 18.2 Å². The first-order valence-electron chi connectivity index (χ1n) is 9.72. The van der Waals surface area contributed by atoms with Gasteiger partial charge in [0.2, 0.25) is 0 Å². The molecule has 1 amide bonds. The number of non-ortho nitro benzene ring substituents is 1. The zero-order valence-electron chi connectivity index (χ0n) is 17.1. The molecule has 1 aliphatic heterocycles. The monoisotopic (exact) mass is 411 g/mol. The molecule has 30 heavy (non-hydrogen) atoms. The minimum atomic E-state index is -0.413. The number of hydrogen-bond donors (Lipinski definition) is 0. The van der Waals surface area contributed by atoms with Crippen LogP contribution in [0.25, 0.3) is 6.08 Å². The van der Waals surface area contributed by atoms with Crippen LogP contribution in [0, 0.1) is 10.1 Å². The second-order valence-corrected chi connectivity index (χ2v) is 6.84. The normalized spacial score (nSPS) is 14.1. The fourth-order valence-electron chi connectivity index (χ4n) is 3.33. The van der Waals surface area contributed by atoms with E-state index < -0.39 is 4.92 Å². The maximum Gasteiger partial charge on any atom is 0.269 e. The highest BCUT2D eigenvalue weighted by molar-refractivity contribution is 5.78. The lowest BCUT2D eigenvalue weighted by Crippen LogP contribution is -2.50. The van der Waals surface area contributed by atoms with E-state index in [1.807, 2.05) is 31.2 Å². The number of allylic oxidation sites excluding steroid dienone is 1. The van der Waals surface area contributed by atoms with Crippen molar-refractivity contribution in [3.8, 4) is 11.5 Å². The number of ether oxygens (including phenoxy) is 2. The lowest BCUT2D eigenvalue weighted by molar-refractivity contribution is -0.384. The molecule has 2 aromatic carbocycles. The zero-order chi connectivity index (χ0) is 21.5. The summed E-state index contributed by atoms with van der Waals surface area (Å²) in [5, 5.41) is 10.8. The third-order valence-electron chi connectivity index (χ3n) is 4.96. The molecule has 0 spiro atoms. The van der Waals surface area contributed by atoms with Crippen LogP contribution in [0.2, 0.25) is 0 Å². The number of nitro benzene ring substituents is 1. The van der Waals surface area contributed by atoms with Gasteiger partial charge in [-0.25, -0.2) is 0 Å². The molecule has 0 unspecified atom stereocenters. The van der Waals surface area contributed by atoms with Gasteiger partial charge in [0.15, 0.2) is 18.1 Å². The summed E-state index contributed by atoms with van der Waals surface area (Å²) >= 11 is 0. The molecule has 0 atom stereocenters. The Bertz CT molecular complexity index is 919. The number of carbonyl (C=O) groups is 1. The molecule has 158 valence electrons. The molecule has 0 aliphatic carbocycles. The predicted molar refractivity (Wildman–Crippen MR) is 115 cm³/mol. The Labute approximate surface area is 175 Å². The van der Waals surface area contributed by atoms with Crippen molar-refractivity contribution >= 4 is 23.4 Å². The van der Waals surface area contributed by atoms with E-state index in [-0.39, 0.29) is 18.2 Å². The standard InChI is InChI=1S/C22H25N3O5/c1-3-4-17-5-10-20(21(15-17)29-2)30-16-22(26)24-13-11-23(12-14-24)18-6-8-19(9-7-18)25(27)28/h3-10,15H,11-14,16H2,1-2H3/b4-3+. The molecule has 1 fully saturated rings. The molecule has 0 radical (unpaired) electrons.